The predicted molar refractivity (Wildman–Crippen MR) is 65.6 cm³/mol. The van der Waals surface area contributed by atoms with Gasteiger partial charge in [0, 0.05) is 12.3 Å². The fraction of sp³-hybridized carbons (Fsp3) is 0.167. The summed E-state index contributed by atoms with van der Waals surface area (Å²) in [4.78, 5) is 22.2. The molecule has 0 atom stereocenters. The smallest absolute Gasteiger partial charge is 0.308 e. The molecule has 0 unspecified atom stereocenters. The van der Waals surface area contributed by atoms with E-state index < -0.39 is 0 Å². The van der Waals surface area contributed by atoms with Crippen molar-refractivity contribution >= 4 is 38.7 Å². The lowest BCUT2D eigenvalue weighted by atomic mass is 10.2. The van der Waals surface area contributed by atoms with Gasteiger partial charge in [0.05, 0.1) is 5.33 Å². The summed E-state index contributed by atoms with van der Waals surface area (Å²) in [6.45, 7) is 1.33. The van der Waals surface area contributed by atoms with Crippen LogP contribution < -0.4 is 4.74 Å². The zero-order valence-electron chi connectivity index (χ0n) is 9.03. The molecule has 0 radical (unpaired) electrons. The molecule has 2 aromatic rings. The molecule has 0 fully saturated rings. The van der Waals surface area contributed by atoms with Crippen molar-refractivity contribution in [2.24, 2.45) is 0 Å². The van der Waals surface area contributed by atoms with E-state index in [-0.39, 0.29) is 22.8 Å². The third kappa shape index (κ3) is 2.55. The van der Waals surface area contributed by atoms with Crippen LogP contribution in [0.3, 0.4) is 0 Å². The number of hydrogen-bond donors (Lipinski definition) is 0. The summed E-state index contributed by atoms with van der Waals surface area (Å²) in [6.07, 6.45) is 0. The highest BCUT2D eigenvalue weighted by atomic mass is 79.9. The molecule has 0 aliphatic rings. The minimum Gasteiger partial charge on any atom is -0.453 e. The lowest BCUT2D eigenvalue weighted by molar-refractivity contribution is -0.131. The summed E-state index contributed by atoms with van der Waals surface area (Å²) in [6, 6.07) is 6.57. The minimum absolute atomic E-state index is 0.129. The van der Waals surface area contributed by atoms with Crippen molar-refractivity contribution in [3.8, 4) is 5.75 Å². The Morgan fingerprint density at radius 2 is 2.12 bits per heavy atom. The van der Waals surface area contributed by atoms with Crippen LogP contribution in [0, 0.1) is 0 Å². The molecule has 0 N–H and O–H groups in total. The molecule has 0 saturated heterocycles. The first-order valence-electron chi connectivity index (χ1n) is 4.91. The molecule has 1 aromatic carbocycles. The van der Waals surface area contributed by atoms with Gasteiger partial charge in [-0.05, 0) is 24.3 Å². The van der Waals surface area contributed by atoms with Crippen molar-refractivity contribution in [3.63, 3.8) is 0 Å². The van der Waals surface area contributed by atoms with E-state index in [1.807, 2.05) is 0 Å². The molecule has 0 bridgehead atoms. The second kappa shape index (κ2) is 4.71. The van der Waals surface area contributed by atoms with Gasteiger partial charge in [0.25, 0.3) is 0 Å². The molecular formula is C12H9BrO4. The molecule has 0 amide bonds. The third-order valence-corrected chi connectivity index (χ3v) is 2.65. The Hall–Kier alpha value is -1.62. The van der Waals surface area contributed by atoms with Gasteiger partial charge in [0.1, 0.15) is 11.3 Å². The fourth-order valence-electron chi connectivity index (χ4n) is 1.45. The standard InChI is InChI=1S/C12H9BrO4/c1-7(14)16-9-2-3-11-8(4-9)5-12(17-11)10(15)6-13/h2-5H,6H2,1H3. The summed E-state index contributed by atoms with van der Waals surface area (Å²) in [5.74, 6) is 0.209. The van der Waals surface area contributed by atoms with Crippen LogP contribution in [0.15, 0.2) is 28.7 Å². The normalized spacial score (nSPS) is 10.5. The quantitative estimate of drug-likeness (QED) is 0.378. The van der Waals surface area contributed by atoms with Gasteiger partial charge in [-0.15, -0.1) is 0 Å². The first kappa shape index (κ1) is 11.9. The first-order chi connectivity index (χ1) is 8.10. The zero-order valence-corrected chi connectivity index (χ0v) is 10.6. The molecule has 1 aromatic heterocycles. The largest absolute Gasteiger partial charge is 0.453 e. The van der Waals surface area contributed by atoms with Crippen molar-refractivity contribution < 1.29 is 18.7 Å². The number of carbonyl (C=O) groups is 2. The molecule has 5 heteroatoms. The monoisotopic (exact) mass is 296 g/mol. The van der Waals surface area contributed by atoms with Crippen molar-refractivity contribution in [1.29, 1.82) is 0 Å². The first-order valence-corrected chi connectivity index (χ1v) is 6.03. The molecule has 0 aliphatic heterocycles. The minimum atomic E-state index is -0.385. The highest BCUT2D eigenvalue weighted by molar-refractivity contribution is 9.09. The summed E-state index contributed by atoms with van der Waals surface area (Å²) >= 11 is 3.08. The number of rotatable bonds is 3. The summed E-state index contributed by atoms with van der Waals surface area (Å²) in [7, 11) is 0. The SMILES string of the molecule is CC(=O)Oc1ccc2oc(C(=O)CBr)cc2c1. The van der Waals surface area contributed by atoms with Gasteiger partial charge in [-0.25, -0.2) is 0 Å². The van der Waals surface area contributed by atoms with Gasteiger partial charge >= 0.3 is 5.97 Å². The molecule has 0 spiro atoms. The number of carbonyl (C=O) groups excluding carboxylic acids is 2. The second-order valence-electron chi connectivity index (χ2n) is 3.46. The van der Waals surface area contributed by atoms with Crippen molar-refractivity contribution in [3.05, 3.63) is 30.0 Å². The second-order valence-corrected chi connectivity index (χ2v) is 4.02. The highest BCUT2D eigenvalue weighted by Gasteiger charge is 2.11. The molecule has 0 saturated carbocycles. The number of ketones is 1. The van der Waals surface area contributed by atoms with Crippen LogP contribution in [0.2, 0.25) is 0 Å². The lowest BCUT2D eigenvalue weighted by Crippen LogP contribution is -2.00. The molecular weight excluding hydrogens is 288 g/mol. The van der Waals surface area contributed by atoms with Gasteiger partial charge in [0.2, 0.25) is 5.78 Å². The van der Waals surface area contributed by atoms with Crippen LogP contribution in [0.25, 0.3) is 11.0 Å². The molecule has 17 heavy (non-hydrogen) atoms. The molecule has 0 aliphatic carbocycles. The highest BCUT2D eigenvalue weighted by Crippen LogP contribution is 2.24. The van der Waals surface area contributed by atoms with Crippen LogP contribution in [0.1, 0.15) is 17.5 Å². The summed E-state index contributed by atoms with van der Waals surface area (Å²) < 4.78 is 10.3. The van der Waals surface area contributed by atoms with E-state index in [2.05, 4.69) is 15.9 Å². The average molecular weight is 297 g/mol. The summed E-state index contributed by atoms with van der Waals surface area (Å²) in [5, 5.41) is 0.942. The van der Waals surface area contributed by atoms with Gasteiger partial charge in [-0.1, -0.05) is 15.9 Å². The van der Waals surface area contributed by atoms with E-state index >= 15 is 0 Å². The van der Waals surface area contributed by atoms with E-state index in [0.29, 0.717) is 11.3 Å². The van der Waals surface area contributed by atoms with E-state index in [0.717, 1.165) is 5.39 Å². The number of alkyl halides is 1. The van der Waals surface area contributed by atoms with Crippen LogP contribution in [-0.4, -0.2) is 17.1 Å². The van der Waals surface area contributed by atoms with E-state index in [1.54, 1.807) is 24.3 Å². The van der Waals surface area contributed by atoms with Crippen molar-refractivity contribution in [2.45, 2.75) is 6.92 Å². The molecule has 1 heterocycles. The Morgan fingerprint density at radius 3 is 2.76 bits per heavy atom. The number of esters is 1. The van der Waals surface area contributed by atoms with Crippen molar-refractivity contribution in [2.75, 3.05) is 5.33 Å². The third-order valence-electron chi connectivity index (χ3n) is 2.15. The van der Waals surface area contributed by atoms with Crippen LogP contribution in [-0.2, 0) is 4.79 Å². The summed E-state index contributed by atoms with van der Waals surface area (Å²) in [5.41, 5.74) is 0.588. The maximum Gasteiger partial charge on any atom is 0.308 e. The van der Waals surface area contributed by atoms with Gasteiger partial charge in [-0.3, -0.25) is 9.59 Å². The Bertz CT molecular complexity index is 585. The molecule has 2 rings (SSSR count). The van der Waals surface area contributed by atoms with Crippen LogP contribution in [0.4, 0.5) is 0 Å². The number of Topliss-reactive ketones (excluding diaryl/α,β-unsaturated/α-hetero) is 1. The molecule has 88 valence electrons. The van der Waals surface area contributed by atoms with Crippen LogP contribution >= 0.6 is 15.9 Å². The van der Waals surface area contributed by atoms with Gasteiger partial charge in [-0.2, -0.15) is 0 Å². The van der Waals surface area contributed by atoms with E-state index in [9.17, 15) is 9.59 Å². The Kier molecular flexibility index (Phi) is 3.28. The van der Waals surface area contributed by atoms with E-state index in [4.69, 9.17) is 9.15 Å². The Morgan fingerprint density at radius 1 is 1.35 bits per heavy atom. The number of hydrogen-bond acceptors (Lipinski definition) is 4. The predicted octanol–water partition coefficient (Wildman–Crippen LogP) is 2.94. The average Bonchev–Trinajstić information content (AvgIpc) is 2.70. The molecule has 4 nitrogen and oxygen atoms in total. The number of furan rings is 1. The number of halogens is 1. The van der Waals surface area contributed by atoms with Gasteiger partial charge in [0.15, 0.2) is 5.76 Å². The topological polar surface area (TPSA) is 56.5 Å². The Balaban J connectivity index is 2.40. The van der Waals surface area contributed by atoms with Gasteiger partial charge < -0.3 is 9.15 Å². The van der Waals surface area contributed by atoms with Crippen LogP contribution in [0.5, 0.6) is 5.75 Å². The fourth-order valence-corrected chi connectivity index (χ4v) is 1.73. The number of ether oxygens (including phenoxy) is 1. The van der Waals surface area contributed by atoms with E-state index in [1.165, 1.54) is 6.92 Å². The number of fused-ring (bicyclic) bond motifs is 1. The lowest BCUT2D eigenvalue weighted by Gasteiger charge is -1.99. The van der Waals surface area contributed by atoms with Crippen molar-refractivity contribution in [1.82, 2.24) is 0 Å². The number of benzene rings is 1. The Labute approximate surface area is 106 Å². The zero-order chi connectivity index (χ0) is 12.4. The maximum absolute atomic E-state index is 11.4. The maximum atomic E-state index is 11.4.